The van der Waals surface area contributed by atoms with Crippen molar-refractivity contribution in [2.24, 2.45) is 11.7 Å². The molecular weight excluding hydrogens is 386 g/mol. The van der Waals surface area contributed by atoms with Crippen LogP contribution in [0.15, 0.2) is 48.5 Å². The third kappa shape index (κ3) is 6.33. The maximum atomic E-state index is 12.6. The molecule has 1 fully saturated rings. The van der Waals surface area contributed by atoms with Crippen LogP contribution in [0.4, 0.5) is 21.9 Å². The Hall–Kier alpha value is -3.88. The van der Waals surface area contributed by atoms with Gasteiger partial charge in [-0.1, -0.05) is 12.1 Å². The largest absolute Gasteiger partial charge is 0.352 e. The minimum absolute atomic E-state index is 0.0259. The first-order valence-corrected chi connectivity index (χ1v) is 9.56. The van der Waals surface area contributed by atoms with E-state index < -0.39 is 6.03 Å². The van der Waals surface area contributed by atoms with Gasteiger partial charge in [0.15, 0.2) is 0 Å². The number of urea groups is 1. The molecule has 2 aromatic rings. The first kappa shape index (κ1) is 20.8. The molecule has 1 aliphatic carbocycles. The summed E-state index contributed by atoms with van der Waals surface area (Å²) >= 11 is 0. The van der Waals surface area contributed by atoms with Crippen LogP contribution in [0.2, 0.25) is 0 Å². The van der Waals surface area contributed by atoms with Crippen molar-refractivity contribution in [3.05, 3.63) is 54.1 Å². The lowest BCUT2D eigenvalue weighted by Crippen LogP contribution is -2.32. The van der Waals surface area contributed by atoms with E-state index in [2.05, 4.69) is 21.3 Å². The van der Waals surface area contributed by atoms with Crippen molar-refractivity contribution in [1.82, 2.24) is 5.32 Å². The molecule has 0 saturated heterocycles. The lowest BCUT2D eigenvalue weighted by atomic mass is 10.1. The van der Waals surface area contributed by atoms with Crippen LogP contribution >= 0.6 is 0 Å². The number of amides is 5. The van der Waals surface area contributed by atoms with Crippen molar-refractivity contribution < 1.29 is 19.2 Å². The van der Waals surface area contributed by atoms with Gasteiger partial charge in [0.25, 0.3) is 5.91 Å². The number of carbonyl (C=O) groups excluding carboxylic acids is 4. The molecule has 0 spiro atoms. The number of hydrogen-bond acceptors (Lipinski definition) is 4. The molecule has 0 heterocycles. The van der Waals surface area contributed by atoms with Gasteiger partial charge in [-0.2, -0.15) is 0 Å². The molecule has 30 heavy (non-hydrogen) atoms. The first-order chi connectivity index (χ1) is 14.4. The monoisotopic (exact) mass is 409 g/mol. The molecule has 9 heteroatoms. The molecule has 156 valence electrons. The summed E-state index contributed by atoms with van der Waals surface area (Å²) in [5.41, 5.74) is 6.93. The van der Waals surface area contributed by atoms with Gasteiger partial charge >= 0.3 is 6.03 Å². The zero-order chi connectivity index (χ0) is 21.5. The molecule has 5 amide bonds. The van der Waals surface area contributed by atoms with E-state index in [1.54, 1.807) is 48.5 Å². The first-order valence-electron chi connectivity index (χ1n) is 9.56. The summed E-state index contributed by atoms with van der Waals surface area (Å²) in [6.45, 7) is 0.130. The van der Waals surface area contributed by atoms with Crippen molar-refractivity contribution in [1.29, 1.82) is 0 Å². The van der Waals surface area contributed by atoms with E-state index in [9.17, 15) is 19.2 Å². The van der Waals surface area contributed by atoms with E-state index in [-0.39, 0.29) is 36.6 Å². The van der Waals surface area contributed by atoms with Gasteiger partial charge in [-0.15, -0.1) is 0 Å². The van der Waals surface area contributed by atoms with Crippen molar-refractivity contribution in [3.63, 3.8) is 0 Å². The predicted octanol–water partition coefficient (Wildman–Crippen LogP) is 2.28. The molecule has 0 atom stereocenters. The number of benzene rings is 2. The minimum atomic E-state index is -0.691. The molecule has 2 aromatic carbocycles. The Morgan fingerprint density at radius 3 is 2.17 bits per heavy atom. The van der Waals surface area contributed by atoms with Crippen LogP contribution in [0.25, 0.3) is 0 Å². The third-order valence-electron chi connectivity index (χ3n) is 4.40. The van der Waals surface area contributed by atoms with E-state index in [0.717, 1.165) is 12.8 Å². The van der Waals surface area contributed by atoms with Crippen LogP contribution in [0, 0.1) is 5.92 Å². The molecule has 9 nitrogen and oxygen atoms in total. The number of primary amides is 1. The van der Waals surface area contributed by atoms with Gasteiger partial charge in [0.1, 0.15) is 0 Å². The van der Waals surface area contributed by atoms with E-state index in [4.69, 9.17) is 5.73 Å². The third-order valence-corrected chi connectivity index (χ3v) is 4.40. The highest BCUT2D eigenvalue weighted by atomic mass is 16.2. The highest BCUT2D eigenvalue weighted by molar-refractivity contribution is 6.06. The standard InChI is InChI=1S/C21H23N5O4/c22-21(30)23-10-9-18(27)24-16-5-2-6-17(12-16)26-20(29)14-3-1-4-15(11-14)25-19(28)13-7-8-13/h1-6,11-13H,7-10H2,(H,24,27)(H,25,28)(H,26,29)(H3,22,23,30). The molecule has 1 aliphatic rings. The van der Waals surface area contributed by atoms with E-state index in [0.29, 0.717) is 22.6 Å². The van der Waals surface area contributed by atoms with Gasteiger partial charge in [-0.25, -0.2) is 4.79 Å². The highest BCUT2D eigenvalue weighted by Gasteiger charge is 2.29. The molecule has 0 aromatic heterocycles. The van der Waals surface area contributed by atoms with Crippen molar-refractivity contribution in [3.8, 4) is 0 Å². The zero-order valence-corrected chi connectivity index (χ0v) is 16.2. The van der Waals surface area contributed by atoms with Crippen molar-refractivity contribution in [2.45, 2.75) is 19.3 Å². The summed E-state index contributed by atoms with van der Waals surface area (Å²) in [5.74, 6) is -0.591. The number of nitrogens with one attached hydrogen (secondary N) is 4. The fourth-order valence-corrected chi connectivity index (χ4v) is 2.73. The smallest absolute Gasteiger partial charge is 0.312 e. The molecule has 1 saturated carbocycles. The summed E-state index contributed by atoms with van der Waals surface area (Å²) in [6, 6.07) is 12.7. The van der Waals surface area contributed by atoms with Crippen LogP contribution in [-0.2, 0) is 9.59 Å². The molecule has 6 N–H and O–H groups in total. The molecular formula is C21H23N5O4. The number of anilines is 3. The minimum Gasteiger partial charge on any atom is -0.352 e. The van der Waals surface area contributed by atoms with Gasteiger partial charge in [-0.05, 0) is 49.2 Å². The molecule has 0 aliphatic heterocycles. The summed E-state index contributed by atoms with van der Waals surface area (Å²) in [7, 11) is 0. The highest BCUT2D eigenvalue weighted by Crippen LogP contribution is 2.30. The second-order valence-electron chi connectivity index (χ2n) is 6.97. The summed E-state index contributed by atoms with van der Waals surface area (Å²) in [5, 5.41) is 10.6. The quantitative estimate of drug-likeness (QED) is 0.456. The molecule has 0 bridgehead atoms. The van der Waals surface area contributed by atoms with E-state index in [1.807, 2.05) is 0 Å². The van der Waals surface area contributed by atoms with Crippen LogP contribution in [0.5, 0.6) is 0 Å². The van der Waals surface area contributed by atoms with E-state index in [1.165, 1.54) is 0 Å². The molecule has 0 radical (unpaired) electrons. The Labute approximate surface area is 173 Å². The Bertz CT molecular complexity index is 971. The lowest BCUT2D eigenvalue weighted by Gasteiger charge is -2.10. The van der Waals surface area contributed by atoms with Crippen LogP contribution in [0.3, 0.4) is 0 Å². The SMILES string of the molecule is NC(=O)NCCC(=O)Nc1cccc(NC(=O)c2cccc(NC(=O)C3CC3)c2)c1. The Morgan fingerprint density at radius 1 is 0.867 bits per heavy atom. The van der Waals surface area contributed by atoms with Gasteiger partial charge in [0.2, 0.25) is 11.8 Å². The Kier molecular flexibility index (Phi) is 6.63. The normalized spacial score (nSPS) is 12.5. The molecule has 0 unspecified atom stereocenters. The van der Waals surface area contributed by atoms with E-state index >= 15 is 0 Å². The Balaban J connectivity index is 1.57. The summed E-state index contributed by atoms with van der Waals surface area (Å²) < 4.78 is 0. The zero-order valence-electron chi connectivity index (χ0n) is 16.2. The van der Waals surface area contributed by atoms with Gasteiger partial charge < -0.3 is 27.0 Å². The number of carbonyl (C=O) groups is 4. The predicted molar refractivity (Wildman–Crippen MR) is 113 cm³/mol. The lowest BCUT2D eigenvalue weighted by molar-refractivity contribution is -0.117. The topological polar surface area (TPSA) is 142 Å². The second-order valence-corrected chi connectivity index (χ2v) is 6.97. The van der Waals surface area contributed by atoms with Crippen LogP contribution in [0.1, 0.15) is 29.6 Å². The van der Waals surface area contributed by atoms with Gasteiger partial charge in [0.05, 0.1) is 0 Å². The average Bonchev–Trinajstić information content (AvgIpc) is 3.53. The van der Waals surface area contributed by atoms with Crippen LogP contribution in [-0.4, -0.2) is 30.3 Å². The molecule has 3 rings (SSSR count). The van der Waals surface area contributed by atoms with Crippen molar-refractivity contribution >= 4 is 40.8 Å². The number of nitrogens with two attached hydrogens (primary N) is 1. The average molecular weight is 409 g/mol. The number of hydrogen-bond donors (Lipinski definition) is 5. The Morgan fingerprint density at radius 2 is 1.50 bits per heavy atom. The maximum Gasteiger partial charge on any atom is 0.312 e. The van der Waals surface area contributed by atoms with Crippen molar-refractivity contribution in [2.75, 3.05) is 22.5 Å². The van der Waals surface area contributed by atoms with Gasteiger partial charge in [0, 0.05) is 41.5 Å². The number of rotatable bonds is 8. The maximum absolute atomic E-state index is 12.6. The summed E-state index contributed by atoms with van der Waals surface area (Å²) in [4.78, 5) is 47.0. The fourth-order valence-electron chi connectivity index (χ4n) is 2.73. The van der Waals surface area contributed by atoms with Crippen LogP contribution < -0.4 is 27.0 Å². The fraction of sp³-hybridized carbons (Fsp3) is 0.238. The van der Waals surface area contributed by atoms with Gasteiger partial charge in [-0.3, -0.25) is 14.4 Å². The summed E-state index contributed by atoms with van der Waals surface area (Å²) in [6.07, 6.45) is 1.87. The second kappa shape index (κ2) is 9.55.